The zero-order chi connectivity index (χ0) is 32.1. The zero-order valence-corrected chi connectivity index (χ0v) is 26.7. The number of rotatable bonds is 6. The molecule has 4 bridgehead atoms. The number of nitrogens with zero attached hydrogens (tertiary/aromatic N) is 4. The van der Waals surface area contributed by atoms with Crippen molar-refractivity contribution in [2.75, 3.05) is 33.3 Å². The number of amides is 3. The number of likely N-dealkylation sites (tertiary alicyclic amines) is 1. The van der Waals surface area contributed by atoms with Crippen molar-refractivity contribution in [1.82, 2.24) is 24.9 Å². The van der Waals surface area contributed by atoms with Gasteiger partial charge in [0.15, 0.2) is 0 Å². The summed E-state index contributed by atoms with van der Waals surface area (Å²) in [5, 5.41) is 7.54. The number of hydrogen-bond acceptors (Lipinski definition) is 7. The number of likely N-dealkylation sites (N-methyl/N-ethyl adjacent to an activating group) is 1. The van der Waals surface area contributed by atoms with E-state index in [-0.39, 0.29) is 36.9 Å². The molecule has 3 amide bonds. The van der Waals surface area contributed by atoms with Gasteiger partial charge in [-0.25, -0.2) is 0 Å². The minimum atomic E-state index is -0.438. The summed E-state index contributed by atoms with van der Waals surface area (Å²) in [6, 6.07) is 14.3. The Kier molecular flexibility index (Phi) is 10.1. The van der Waals surface area contributed by atoms with Crippen LogP contribution in [0.2, 0.25) is 0 Å². The van der Waals surface area contributed by atoms with Crippen LogP contribution in [0.3, 0.4) is 0 Å². The summed E-state index contributed by atoms with van der Waals surface area (Å²) in [5.74, 6) is 1.23. The molecule has 1 aromatic heterocycles. The third kappa shape index (κ3) is 8.42. The van der Waals surface area contributed by atoms with Gasteiger partial charge in [0.05, 0.1) is 37.6 Å². The van der Waals surface area contributed by atoms with E-state index in [1.54, 1.807) is 30.1 Å². The third-order valence-corrected chi connectivity index (χ3v) is 7.94. The molecule has 2 aromatic carbocycles. The van der Waals surface area contributed by atoms with E-state index in [0.29, 0.717) is 67.8 Å². The van der Waals surface area contributed by atoms with Crippen molar-refractivity contribution in [3.63, 3.8) is 0 Å². The van der Waals surface area contributed by atoms with Crippen LogP contribution < -0.4 is 14.8 Å². The first-order valence-corrected chi connectivity index (χ1v) is 15.5. The highest BCUT2D eigenvalue weighted by Gasteiger charge is 2.34. The normalized spacial score (nSPS) is 19.2. The number of hydrogen-bond donors (Lipinski definition) is 1. The van der Waals surface area contributed by atoms with Gasteiger partial charge in [-0.15, -0.1) is 0 Å². The average molecular weight is 618 g/mol. The molecule has 0 radical (unpaired) electrons. The molecule has 2 aliphatic rings. The summed E-state index contributed by atoms with van der Waals surface area (Å²) in [6.07, 6.45) is 0.413. The standard InChI is InChI=1S/C34H43N5O6/c1-22(2)20-43-28-15-26-16-29(17-28)45-27-8-6-7-25(14-27)21-44-31-18-38(33(41)10-12-39-24(4)13-23(3)36-39)11-9-30(31)35-32(40)19-37(5)34(26)42/h6-8,13-17,22,30-31H,9-12,18-21H2,1-5H3,(H,35,40)/t30-,31-/m0/s1. The van der Waals surface area contributed by atoms with Crippen LogP contribution in [-0.2, 0) is 27.5 Å². The number of aromatic nitrogens is 2. The van der Waals surface area contributed by atoms with Crippen molar-refractivity contribution < 1.29 is 28.6 Å². The van der Waals surface area contributed by atoms with Gasteiger partial charge < -0.3 is 29.3 Å². The van der Waals surface area contributed by atoms with E-state index in [1.165, 1.54) is 4.90 Å². The molecule has 1 fully saturated rings. The van der Waals surface area contributed by atoms with E-state index in [4.69, 9.17) is 14.2 Å². The van der Waals surface area contributed by atoms with Gasteiger partial charge in [-0.3, -0.25) is 19.1 Å². The van der Waals surface area contributed by atoms with Gasteiger partial charge in [0.25, 0.3) is 5.91 Å². The Morgan fingerprint density at radius 1 is 1.11 bits per heavy atom. The van der Waals surface area contributed by atoms with Crippen LogP contribution in [-0.4, -0.2) is 82.7 Å². The molecule has 45 heavy (non-hydrogen) atoms. The van der Waals surface area contributed by atoms with Crippen molar-refractivity contribution in [3.8, 4) is 17.2 Å². The lowest BCUT2D eigenvalue weighted by molar-refractivity contribution is -0.137. The molecule has 11 nitrogen and oxygen atoms in total. The van der Waals surface area contributed by atoms with Crippen LogP contribution in [0.4, 0.5) is 0 Å². The molecule has 2 atom stereocenters. The second kappa shape index (κ2) is 14.2. The van der Waals surface area contributed by atoms with Gasteiger partial charge in [-0.05, 0) is 62.1 Å². The molecule has 2 aliphatic heterocycles. The lowest BCUT2D eigenvalue weighted by Gasteiger charge is -2.39. The Morgan fingerprint density at radius 2 is 1.93 bits per heavy atom. The number of fused-ring (bicyclic) bond motifs is 5. The first kappa shape index (κ1) is 32.0. The van der Waals surface area contributed by atoms with Crippen LogP contribution in [0, 0.1) is 19.8 Å². The fraction of sp³-hybridized carbons (Fsp3) is 0.471. The predicted octanol–water partition coefficient (Wildman–Crippen LogP) is 4.11. The highest BCUT2D eigenvalue weighted by Crippen LogP contribution is 2.30. The molecule has 3 heterocycles. The van der Waals surface area contributed by atoms with Crippen molar-refractivity contribution >= 4 is 17.7 Å². The fourth-order valence-corrected chi connectivity index (χ4v) is 5.64. The van der Waals surface area contributed by atoms with E-state index in [2.05, 4.69) is 10.4 Å². The summed E-state index contributed by atoms with van der Waals surface area (Å²) in [6.45, 7) is 9.96. The molecule has 0 spiro atoms. The molecule has 1 saturated heterocycles. The maximum Gasteiger partial charge on any atom is 0.254 e. The van der Waals surface area contributed by atoms with E-state index < -0.39 is 6.10 Å². The summed E-state index contributed by atoms with van der Waals surface area (Å²) in [7, 11) is 1.59. The number of aryl methyl sites for hydroxylation is 3. The molecule has 3 aromatic rings. The van der Waals surface area contributed by atoms with Crippen LogP contribution >= 0.6 is 0 Å². The van der Waals surface area contributed by atoms with E-state index >= 15 is 0 Å². The first-order chi connectivity index (χ1) is 21.5. The van der Waals surface area contributed by atoms with E-state index in [0.717, 1.165) is 17.0 Å². The van der Waals surface area contributed by atoms with Crippen LogP contribution in [0.25, 0.3) is 0 Å². The second-order valence-electron chi connectivity index (χ2n) is 12.4. The Bertz CT molecular complexity index is 1530. The molecular formula is C34H43N5O6. The summed E-state index contributed by atoms with van der Waals surface area (Å²) >= 11 is 0. The molecular weight excluding hydrogens is 574 g/mol. The highest BCUT2D eigenvalue weighted by molar-refractivity contribution is 5.97. The largest absolute Gasteiger partial charge is 0.493 e. The van der Waals surface area contributed by atoms with Crippen LogP contribution in [0.15, 0.2) is 48.5 Å². The van der Waals surface area contributed by atoms with E-state index in [9.17, 15) is 14.4 Å². The number of benzene rings is 2. The lowest BCUT2D eigenvalue weighted by atomic mass is 10.0. The monoisotopic (exact) mass is 617 g/mol. The van der Waals surface area contributed by atoms with Crippen molar-refractivity contribution in [2.24, 2.45) is 5.92 Å². The molecule has 0 saturated carbocycles. The van der Waals surface area contributed by atoms with Crippen molar-refractivity contribution in [3.05, 3.63) is 71.0 Å². The predicted molar refractivity (Wildman–Crippen MR) is 168 cm³/mol. The van der Waals surface area contributed by atoms with Crippen LogP contribution in [0.5, 0.6) is 17.2 Å². The quantitative estimate of drug-likeness (QED) is 0.443. The van der Waals surface area contributed by atoms with Gasteiger partial charge in [0.1, 0.15) is 17.2 Å². The smallest absolute Gasteiger partial charge is 0.254 e. The summed E-state index contributed by atoms with van der Waals surface area (Å²) in [5.41, 5.74) is 3.18. The molecule has 0 aliphatic carbocycles. The average Bonchev–Trinajstić information content (AvgIpc) is 3.33. The summed E-state index contributed by atoms with van der Waals surface area (Å²) in [4.78, 5) is 43.1. The maximum atomic E-state index is 13.5. The SMILES string of the molecule is Cc1cc(C)n(CCC(=O)N2CC[C@@H]3NC(=O)CN(C)C(=O)c4cc(OCC(C)C)cc(c4)Oc4cccc(c4)CO[C@H]3C2)n1. The van der Waals surface area contributed by atoms with E-state index in [1.807, 2.05) is 62.7 Å². The first-order valence-electron chi connectivity index (χ1n) is 15.5. The van der Waals surface area contributed by atoms with Crippen molar-refractivity contribution in [1.29, 1.82) is 0 Å². The van der Waals surface area contributed by atoms with Gasteiger partial charge in [-0.1, -0.05) is 26.0 Å². The number of piperidine rings is 1. The Hall–Kier alpha value is -4.38. The lowest BCUT2D eigenvalue weighted by Crippen LogP contribution is -2.57. The molecule has 0 unspecified atom stereocenters. The van der Waals surface area contributed by atoms with Crippen LogP contribution in [0.1, 0.15) is 54.0 Å². The Labute approximate surface area is 264 Å². The highest BCUT2D eigenvalue weighted by atomic mass is 16.5. The minimum Gasteiger partial charge on any atom is -0.493 e. The summed E-state index contributed by atoms with van der Waals surface area (Å²) < 4.78 is 20.4. The number of carbonyl (C=O) groups is 3. The third-order valence-electron chi connectivity index (χ3n) is 7.94. The number of ether oxygens (including phenoxy) is 3. The van der Waals surface area contributed by atoms with Gasteiger partial charge in [0, 0.05) is 50.4 Å². The molecule has 240 valence electrons. The molecule has 5 rings (SSSR count). The molecule has 11 heteroatoms. The second-order valence-corrected chi connectivity index (χ2v) is 12.4. The minimum absolute atomic E-state index is 0.0155. The zero-order valence-electron chi connectivity index (χ0n) is 26.7. The number of nitrogens with one attached hydrogen (secondary N) is 1. The maximum absolute atomic E-state index is 13.5. The fourth-order valence-electron chi connectivity index (χ4n) is 5.64. The van der Waals surface area contributed by atoms with Gasteiger partial charge in [-0.2, -0.15) is 5.10 Å². The topological polar surface area (TPSA) is 115 Å². The van der Waals surface area contributed by atoms with Gasteiger partial charge in [0.2, 0.25) is 11.8 Å². The Balaban J connectivity index is 1.35. The number of carbonyl (C=O) groups excluding carboxylic acids is 3. The molecule has 1 N–H and O–H groups in total. The van der Waals surface area contributed by atoms with Crippen molar-refractivity contribution in [2.45, 2.75) is 65.8 Å². The Morgan fingerprint density at radius 3 is 2.69 bits per heavy atom. The van der Waals surface area contributed by atoms with Gasteiger partial charge >= 0.3 is 0 Å².